The normalized spacial score (nSPS) is 14.9. The number of amides is 1. The molecule has 3 N–H and O–H groups in total. The maximum absolute atomic E-state index is 11.7. The van der Waals surface area contributed by atoms with Gasteiger partial charge in [0.05, 0.1) is 0 Å². The molecule has 0 saturated carbocycles. The molecule has 0 aliphatic carbocycles. The van der Waals surface area contributed by atoms with E-state index in [1.165, 1.54) is 0 Å². The minimum Gasteiger partial charge on any atom is -0.352 e. The average Bonchev–Trinajstić information content (AvgIpc) is 2.18. The molecule has 14 heavy (non-hydrogen) atoms. The minimum atomic E-state index is 0.0955. The number of nitrogens with two attached hydrogens (primary N) is 1. The van der Waals surface area contributed by atoms with E-state index in [2.05, 4.69) is 19.2 Å². The highest BCUT2D eigenvalue weighted by Gasteiger charge is 2.16. The largest absolute Gasteiger partial charge is 0.352 e. The third kappa shape index (κ3) is 5.22. The SMILES string of the molecule is CCCCC(CC)C(=O)N[C@H](C)CN. The maximum Gasteiger partial charge on any atom is 0.223 e. The predicted molar refractivity (Wildman–Crippen MR) is 60.0 cm³/mol. The highest BCUT2D eigenvalue weighted by Crippen LogP contribution is 2.12. The number of hydrogen-bond donors (Lipinski definition) is 2. The summed E-state index contributed by atoms with van der Waals surface area (Å²) in [4.78, 5) is 11.7. The van der Waals surface area contributed by atoms with Crippen LogP contribution in [0.25, 0.3) is 0 Å². The van der Waals surface area contributed by atoms with E-state index in [-0.39, 0.29) is 17.9 Å². The summed E-state index contributed by atoms with van der Waals surface area (Å²) in [6.45, 7) is 6.65. The minimum absolute atomic E-state index is 0.0955. The Hall–Kier alpha value is -0.570. The van der Waals surface area contributed by atoms with Crippen LogP contribution in [0.15, 0.2) is 0 Å². The lowest BCUT2D eigenvalue weighted by atomic mass is 9.98. The van der Waals surface area contributed by atoms with E-state index >= 15 is 0 Å². The van der Waals surface area contributed by atoms with Gasteiger partial charge in [-0.2, -0.15) is 0 Å². The fourth-order valence-electron chi connectivity index (χ4n) is 1.39. The van der Waals surface area contributed by atoms with Crippen molar-refractivity contribution in [1.82, 2.24) is 5.32 Å². The molecule has 0 heterocycles. The molecule has 0 aromatic heterocycles. The zero-order valence-corrected chi connectivity index (χ0v) is 9.68. The number of rotatable bonds is 7. The second-order valence-corrected chi connectivity index (χ2v) is 3.89. The van der Waals surface area contributed by atoms with Crippen LogP contribution in [0.3, 0.4) is 0 Å². The first-order valence-corrected chi connectivity index (χ1v) is 5.66. The molecule has 0 fully saturated rings. The van der Waals surface area contributed by atoms with Gasteiger partial charge in [-0.05, 0) is 19.8 Å². The highest BCUT2D eigenvalue weighted by molar-refractivity contribution is 5.78. The third-order valence-corrected chi connectivity index (χ3v) is 2.51. The Morgan fingerprint density at radius 2 is 2.07 bits per heavy atom. The van der Waals surface area contributed by atoms with E-state index < -0.39 is 0 Å². The van der Waals surface area contributed by atoms with E-state index in [0.717, 1.165) is 25.7 Å². The molecule has 0 bridgehead atoms. The summed E-state index contributed by atoms with van der Waals surface area (Å²) < 4.78 is 0. The summed E-state index contributed by atoms with van der Waals surface area (Å²) in [7, 11) is 0. The van der Waals surface area contributed by atoms with Gasteiger partial charge in [-0.15, -0.1) is 0 Å². The zero-order chi connectivity index (χ0) is 11.0. The molecular weight excluding hydrogens is 176 g/mol. The number of nitrogens with one attached hydrogen (secondary N) is 1. The summed E-state index contributed by atoms with van der Waals surface area (Å²) in [6.07, 6.45) is 4.19. The van der Waals surface area contributed by atoms with Crippen LogP contribution in [0, 0.1) is 5.92 Å². The van der Waals surface area contributed by atoms with Gasteiger partial charge in [0, 0.05) is 18.5 Å². The maximum atomic E-state index is 11.7. The van der Waals surface area contributed by atoms with Gasteiger partial charge >= 0.3 is 0 Å². The van der Waals surface area contributed by atoms with Crippen molar-refractivity contribution in [3.05, 3.63) is 0 Å². The number of carbonyl (C=O) groups excluding carboxylic acids is 1. The van der Waals surface area contributed by atoms with Gasteiger partial charge in [0.15, 0.2) is 0 Å². The van der Waals surface area contributed by atoms with Crippen molar-refractivity contribution in [2.45, 2.75) is 52.5 Å². The fourth-order valence-corrected chi connectivity index (χ4v) is 1.39. The van der Waals surface area contributed by atoms with Crippen LogP contribution in [0.1, 0.15) is 46.5 Å². The Bertz CT molecular complexity index is 159. The van der Waals surface area contributed by atoms with Crippen molar-refractivity contribution < 1.29 is 4.79 Å². The van der Waals surface area contributed by atoms with Gasteiger partial charge in [-0.25, -0.2) is 0 Å². The first kappa shape index (κ1) is 13.4. The Morgan fingerprint density at radius 1 is 1.43 bits per heavy atom. The molecule has 84 valence electrons. The third-order valence-electron chi connectivity index (χ3n) is 2.51. The predicted octanol–water partition coefficient (Wildman–Crippen LogP) is 1.67. The second-order valence-electron chi connectivity index (χ2n) is 3.89. The van der Waals surface area contributed by atoms with Gasteiger partial charge in [0.1, 0.15) is 0 Å². The second kappa shape index (κ2) is 7.80. The summed E-state index contributed by atoms with van der Waals surface area (Å²) in [5, 5.41) is 2.93. The van der Waals surface area contributed by atoms with Crippen molar-refractivity contribution in [2.75, 3.05) is 6.54 Å². The number of hydrogen-bond acceptors (Lipinski definition) is 2. The molecule has 0 rings (SSSR count). The number of unbranched alkanes of at least 4 members (excludes halogenated alkanes) is 1. The van der Waals surface area contributed by atoms with Crippen LogP contribution in [0.5, 0.6) is 0 Å². The van der Waals surface area contributed by atoms with Gasteiger partial charge in [-0.3, -0.25) is 4.79 Å². The van der Waals surface area contributed by atoms with E-state index in [4.69, 9.17) is 5.73 Å². The van der Waals surface area contributed by atoms with Crippen LogP contribution in [0.4, 0.5) is 0 Å². The first-order valence-electron chi connectivity index (χ1n) is 5.66. The smallest absolute Gasteiger partial charge is 0.223 e. The van der Waals surface area contributed by atoms with Crippen molar-refractivity contribution in [2.24, 2.45) is 11.7 Å². The van der Waals surface area contributed by atoms with Crippen LogP contribution in [-0.4, -0.2) is 18.5 Å². The molecule has 0 aliphatic heterocycles. The Balaban J connectivity index is 3.90. The monoisotopic (exact) mass is 200 g/mol. The van der Waals surface area contributed by atoms with E-state index in [0.29, 0.717) is 6.54 Å². The summed E-state index contributed by atoms with van der Waals surface area (Å²) in [5.74, 6) is 0.336. The molecule has 0 aromatic rings. The molecule has 3 nitrogen and oxygen atoms in total. The standard InChI is InChI=1S/C11H24N2O/c1-4-6-7-10(5-2)11(14)13-9(3)8-12/h9-10H,4-8,12H2,1-3H3,(H,13,14)/t9-,10?/m1/s1. The van der Waals surface area contributed by atoms with E-state index in [1.807, 2.05) is 6.92 Å². The van der Waals surface area contributed by atoms with E-state index in [9.17, 15) is 4.79 Å². The van der Waals surface area contributed by atoms with Crippen molar-refractivity contribution in [1.29, 1.82) is 0 Å². The quantitative estimate of drug-likeness (QED) is 0.657. The fraction of sp³-hybridized carbons (Fsp3) is 0.909. The average molecular weight is 200 g/mol. The molecule has 1 amide bonds. The summed E-state index contributed by atoms with van der Waals surface area (Å²) in [6, 6.07) is 0.0955. The molecule has 0 aromatic carbocycles. The van der Waals surface area contributed by atoms with Gasteiger partial charge in [0.25, 0.3) is 0 Å². The number of carbonyl (C=O) groups is 1. The van der Waals surface area contributed by atoms with Crippen LogP contribution in [0.2, 0.25) is 0 Å². The molecule has 3 heteroatoms. The topological polar surface area (TPSA) is 55.1 Å². The lowest BCUT2D eigenvalue weighted by Gasteiger charge is -2.17. The molecule has 1 unspecified atom stereocenters. The van der Waals surface area contributed by atoms with Crippen LogP contribution >= 0.6 is 0 Å². The van der Waals surface area contributed by atoms with Gasteiger partial charge in [-0.1, -0.05) is 26.7 Å². The van der Waals surface area contributed by atoms with Crippen molar-refractivity contribution in [3.8, 4) is 0 Å². The van der Waals surface area contributed by atoms with E-state index in [1.54, 1.807) is 0 Å². The highest BCUT2D eigenvalue weighted by atomic mass is 16.1. The van der Waals surface area contributed by atoms with Crippen LogP contribution < -0.4 is 11.1 Å². The molecule has 0 saturated heterocycles. The molecule has 0 spiro atoms. The molecule has 0 aliphatic rings. The Kier molecular flexibility index (Phi) is 7.48. The molecular formula is C11H24N2O. The lowest BCUT2D eigenvalue weighted by molar-refractivity contribution is -0.125. The first-order chi connectivity index (χ1) is 6.65. The van der Waals surface area contributed by atoms with Crippen molar-refractivity contribution in [3.63, 3.8) is 0 Å². The van der Waals surface area contributed by atoms with Gasteiger partial charge in [0.2, 0.25) is 5.91 Å². The zero-order valence-electron chi connectivity index (χ0n) is 9.68. The van der Waals surface area contributed by atoms with Crippen molar-refractivity contribution >= 4 is 5.91 Å². The molecule has 2 atom stereocenters. The summed E-state index contributed by atoms with van der Waals surface area (Å²) >= 11 is 0. The Morgan fingerprint density at radius 3 is 2.50 bits per heavy atom. The lowest BCUT2D eigenvalue weighted by Crippen LogP contribution is -2.41. The molecule has 0 radical (unpaired) electrons. The summed E-state index contributed by atoms with van der Waals surface area (Å²) in [5.41, 5.74) is 5.45. The Labute approximate surface area is 87.4 Å². The van der Waals surface area contributed by atoms with Crippen LogP contribution in [-0.2, 0) is 4.79 Å². The van der Waals surface area contributed by atoms with Gasteiger partial charge < -0.3 is 11.1 Å².